The number of carbonyl (C=O) groups excluding carboxylic acids is 1. The van der Waals surface area contributed by atoms with Crippen molar-refractivity contribution in [1.29, 1.82) is 0 Å². The number of aliphatic hydroxyl groups is 2. The van der Waals surface area contributed by atoms with Gasteiger partial charge in [-0.1, -0.05) is 185 Å². The fourth-order valence-electron chi connectivity index (χ4n) is 5.26. The third-order valence-electron chi connectivity index (χ3n) is 8.56. The second-order valence-corrected chi connectivity index (χ2v) is 13.7. The van der Waals surface area contributed by atoms with Crippen LogP contribution in [0.1, 0.15) is 149 Å². The van der Waals surface area contributed by atoms with Crippen molar-refractivity contribution < 1.29 is 15.0 Å². The van der Waals surface area contributed by atoms with Crippen molar-refractivity contribution >= 4 is 5.91 Å². The lowest BCUT2D eigenvalue weighted by atomic mass is 10.1. The summed E-state index contributed by atoms with van der Waals surface area (Å²) in [5, 5.41) is 22.7. The molecule has 0 radical (unpaired) electrons. The Morgan fingerprint density at radius 2 is 0.818 bits per heavy atom. The zero-order valence-electron chi connectivity index (χ0n) is 34.9. The number of hydrogen-bond donors (Lipinski definition) is 3. The quantitative estimate of drug-likeness (QED) is 0.0441. The first-order valence-electron chi connectivity index (χ1n) is 21.5. The molecular weight excluding hydrogens is 675 g/mol. The molecule has 1 amide bonds. The number of hydrogen-bond acceptors (Lipinski definition) is 3. The van der Waals surface area contributed by atoms with Gasteiger partial charge in [-0.3, -0.25) is 4.79 Å². The normalized spacial score (nSPS) is 14.5. The van der Waals surface area contributed by atoms with Crippen molar-refractivity contribution in [3.8, 4) is 0 Å². The molecule has 0 aliphatic rings. The van der Waals surface area contributed by atoms with E-state index in [0.717, 1.165) is 116 Å². The van der Waals surface area contributed by atoms with Gasteiger partial charge in [0.2, 0.25) is 5.91 Å². The Labute approximate surface area is 338 Å². The third-order valence-corrected chi connectivity index (χ3v) is 8.56. The minimum absolute atomic E-state index is 0.111. The van der Waals surface area contributed by atoms with Gasteiger partial charge in [-0.15, -0.1) is 0 Å². The lowest BCUT2D eigenvalue weighted by Crippen LogP contribution is -2.45. The van der Waals surface area contributed by atoms with E-state index in [0.29, 0.717) is 6.42 Å². The van der Waals surface area contributed by atoms with Crippen LogP contribution in [0.3, 0.4) is 0 Å². The molecule has 4 heteroatoms. The molecule has 2 atom stereocenters. The minimum atomic E-state index is -0.880. The second-order valence-electron chi connectivity index (χ2n) is 13.7. The summed E-state index contributed by atoms with van der Waals surface area (Å²) in [7, 11) is 0. The predicted octanol–water partition coefficient (Wildman–Crippen LogP) is 13.7. The molecule has 3 N–H and O–H groups in total. The molecule has 55 heavy (non-hydrogen) atoms. The summed E-state index contributed by atoms with van der Waals surface area (Å²) in [6.07, 6.45) is 72.5. The number of carbonyl (C=O) groups is 1. The zero-order valence-corrected chi connectivity index (χ0v) is 34.9. The van der Waals surface area contributed by atoms with Crippen LogP contribution in [0.15, 0.2) is 146 Å². The molecule has 0 fully saturated rings. The lowest BCUT2D eigenvalue weighted by molar-refractivity contribution is -0.123. The number of amides is 1. The van der Waals surface area contributed by atoms with Crippen LogP contribution in [0.4, 0.5) is 0 Å². The summed E-state index contributed by atoms with van der Waals surface area (Å²) in [6.45, 7) is 4.07. The molecule has 0 aliphatic carbocycles. The smallest absolute Gasteiger partial charge is 0.220 e. The maximum Gasteiger partial charge on any atom is 0.220 e. The van der Waals surface area contributed by atoms with Crippen molar-refractivity contribution in [2.45, 2.75) is 161 Å². The molecule has 0 bridgehead atoms. The predicted molar refractivity (Wildman–Crippen MR) is 243 cm³/mol. The fraction of sp³-hybridized carbons (Fsp3) is 0.510. The maximum atomic E-state index is 12.3. The van der Waals surface area contributed by atoms with Gasteiger partial charge < -0.3 is 15.5 Å². The van der Waals surface area contributed by atoms with Gasteiger partial charge >= 0.3 is 0 Å². The van der Waals surface area contributed by atoms with Gasteiger partial charge in [0.25, 0.3) is 0 Å². The van der Waals surface area contributed by atoms with Crippen LogP contribution >= 0.6 is 0 Å². The molecule has 0 saturated heterocycles. The molecule has 0 aliphatic heterocycles. The molecule has 0 saturated carbocycles. The van der Waals surface area contributed by atoms with E-state index >= 15 is 0 Å². The standard InChI is InChI=1S/C51H79NO3/c1-3-5-7-9-11-13-14-15-16-17-18-19-20-21-22-23-24-25-26-27-28-29-30-31-32-33-34-35-36-37-38-39-41-43-45-47-51(55)52-49(48-53)50(54)46-44-42-40-12-10-8-6-4-2/h5,7,10-13,15-16,18-19,21-22,24-25,27-28,30-31,33-34,36-37,44,46,49-50,53-54H,3-4,6,8-9,14,17,20,23,26,29,32,35,38-43,45,47-48H2,1-2H3,(H,52,55)/b7-5-,12-10+,13-11-,16-15-,19-18-,22-21-,25-24-,28-27-,31-30-,34-33-,37-36-,46-44+. The van der Waals surface area contributed by atoms with E-state index in [9.17, 15) is 15.0 Å². The molecule has 2 unspecified atom stereocenters. The van der Waals surface area contributed by atoms with E-state index in [2.05, 4.69) is 153 Å². The molecule has 306 valence electrons. The van der Waals surface area contributed by atoms with Crippen LogP contribution in [0.25, 0.3) is 0 Å². The highest BCUT2D eigenvalue weighted by atomic mass is 16.3. The Bertz CT molecular complexity index is 1220. The number of rotatable bonds is 36. The van der Waals surface area contributed by atoms with Crippen molar-refractivity contribution in [2.24, 2.45) is 0 Å². The van der Waals surface area contributed by atoms with Gasteiger partial charge in [-0.05, 0) is 103 Å². The SMILES string of the molecule is CC/C=C\C/C=C\C/C=C\C/C=C\C/C=C\C/C=C\C/C=C\C/C=C\C/C=C\C/C=C\CCCCCCC(=O)NC(CO)C(O)/C=C/CC/C=C/CCCC. The fourth-order valence-corrected chi connectivity index (χ4v) is 5.26. The van der Waals surface area contributed by atoms with E-state index < -0.39 is 12.1 Å². The van der Waals surface area contributed by atoms with Crippen LogP contribution in [0, 0.1) is 0 Å². The van der Waals surface area contributed by atoms with E-state index in [1.54, 1.807) is 6.08 Å². The molecule has 0 rings (SSSR count). The summed E-state index contributed by atoms with van der Waals surface area (Å²) in [5.41, 5.74) is 0. The first-order valence-corrected chi connectivity index (χ1v) is 21.5. The van der Waals surface area contributed by atoms with E-state index in [1.165, 1.54) is 12.8 Å². The molecular formula is C51H79NO3. The van der Waals surface area contributed by atoms with Crippen LogP contribution in [0.2, 0.25) is 0 Å². The molecule has 0 aromatic heterocycles. The highest BCUT2D eigenvalue weighted by Gasteiger charge is 2.17. The summed E-state index contributed by atoms with van der Waals surface area (Å²) in [6, 6.07) is -0.661. The summed E-state index contributed by atoms with van der Waals surface area (Å²) >= 11 is 0. The second kappa shape index (κ2) is 44.7. The monoisotopic (exact) mass is 754 g/mol. The van der Waals surface area contributed by atoms with E-state index in [-0.39, 0.29) is 12.5 Å². The van der Waals surface area contributed by atoms with Gasteiger partial charge in [0.15, 0.2) is 0 Å². The van der Waals surface area contributed by atoms with Gasteiger partial charge in [-0.25, -0.2) is 0 Å². The largest absolute Gasteiger partial charge is 0.394 e. The van der Waals surface area contributed by atoms with Crippen LogP contribution in [-0.4, -0.2) is 34.9 Å². The minimum Gasteiger partial charge on any atom is -0.394 e. The molecule has 0 aromatic carbocycles. The van der Waals surface area contributed by atoms with Crippen molar-refractivity contribution in [3.05, 3.63) is 146 Å². The average Bonchev–Trinajstić information content (AvgIpc) is 3.19. The van der Waals surface area contributed by atoms with Crippen molar-refractivity contribution in [1.82, 2.24) is 5.32 Å². The van der Waals surface area contributed by atoms with Crippen LogP contribution < -0.4 is 5.32 Å². The van der Waals surface area contributed by atoms with Crippen molar-refractivity contribution in [2.75, 3.05) is 6.61 Å². The molecule has 0 spiro atoms. The topological polar surface area (TPSA) is 69.6 Å². The Morgan fingerprint density at radius 3 is 1.25 bits per heavy atom. The summed E-state index contributed by atoms with van der Waals surface area (Å²) < 4.78 is 0. The van der Waals surface area contributed by atoms with E-state index in [4.69, 9.17) is 0 Å². The molecule has 4 nitrogen and oxygen atoms in total. The van der Waals surface area contributed by atoms with Crippen LogP contribution in [0.5, 0.6) is 0 Å². The Kier molecular flexibility index (Phi) is 41.6. The van der Waals surface area contributed by atoms with E-state index in [1.807, 2.05) is 6.08 Å². The Hall–Kier alpha value is -3.73. The highest BCUT2D eigenvalue weighted by molar-refractivity contribution is 5.76. The molecule has 0 aromatic rings. The first kappa shape index (κ1) is 51.3. The zero-order chi connectivity index (χ0) is 40.0. The van der Waals surface area contributed by atoms with Gasteiger partial charge in [0, 0.05) is 6.42 Å². The maximum absolute atomic E-state index is 12.3. The number of allylic oxidation sites excluding steroid dienone is 23. The van der Waals surface area contributed by atoms with Gasteiger partial charge in [-0.2, -0.15) is 0 Å². The number of nitrogens with one attached hydrogen (secondary N) is 1. The Balaban J connectivity index is 3.74. The molecule has 0 heterocycles. The average molecular weight is 754 g/mol. The van der Waals surface area contributed by atoms with Gasteiger partial charge in [0.05, 0.1) is 18.8 Å². The first-order chi connectivity index (χ1) is 27.2. The Morgan fingerprint density at radius 1 is 0.455 bits per heavy atom. The van der Waals surface area contributed by atoms with Gasteiger partial charge in [0.1, 0.15) is 0 Å². The third kappa shape index (κ3) is 41.3. The number of unbranched alkanes of at least 4 members (excludes halogenated alkanes) is 7. The summed E-state index contributed by atoms with van der Waals surface area (Å²) in [4.78, 5) is 12.3. The highest BCUT2D eigenvalue weighted by Crippen LogP contribution is 2.08. The summed E-state index contributed by atoms with van der Waals surface area (Å²) in [5.74, 6) is -0.111. The lowest BCUT2D eigenvalue weighted by Gasteiger charge is -2.19. The van der Waals surface area contributed by atoms with Crippen LogP contribution in [-0.2, 0) is 4.79 Å². The number of aliphatic hydroxyl groups excluding tert-OH is 2. The van der Waals surface area contributed by atoms with Crippen molar-refractivity contribution in [3.63, 3.8) is 0 Å².